The van der Waals surface area contributed by atoms with E-state index in [-0.39, 0.29) is 5.91 Å². The number of methoxy groups -OCH3 is 2. The molecule has 0 spiro atoms. The van der Waals surface area contributed by atoms with E-state index < -0.39 is 5.97 Å². The van der Waals surface area contributed by atoms with Gasteiger partial charge in [0.15, 0.2) is 0 Å². The number of nitrogens with one attached hydrogen (secondary N) is 1. The van der Waals surface area contributed by atoms with Crippen LogP contribution >= 0.6 is 11.3 Å². The van der Waals surface area contributed by atoms with Crippen molar-refractivity contribution >= 4 is 34.3 Å². The van der Waals surface area contributed by atoms with E-state index in [0.29, 0.717) is 17.0 Å². The van der Waals surface area contributed by atoms with Gasteiger partial charge in [0.05, 0.1) is 19.8 Å². The van der Waals surface area contributed by atoms with Gasteiger partial charge in [-0.1, -0.05) is 19.1 Å². The molecule has 0 fully saturated rings. The maximum Gasteiger partial charge on any atom is 0.341 e. The maximum absolute atomic E-state index is 12.2. The lowest BCUT2D eigenvalue weighted by Gasteiger charge is -2.05. The number of esters is 1. The number of hydrogen-bond acceptors (Lipinski definition) is 5. The maximum atomic E-state index is 12.2. The van der Waals surface area contributed by atoms with Crippen molar-refractivity contribution in [2.24, 2.45) is 0 Å². The van der Waals surface area contributed by atoms with Crippen LogP contribution < -0.4 is 10.1 Å². The van der Waals surface area contributed by atoms with Gasteiger partial charge in [0, 0.05) is 11.0 Å². The molecule has 1 aromatic carbocycles. The molecule has 0 saturated carbocycles. The van der Waals surface area contributed by atoms with Crippen LogP contribution in [0.4, 0.5) is 5.00 Å². The van der Waals surface area contributed by atoms with Crippen molar-refractivity contribution in [3.05, 3.63) is 51.9 Å². The Hall–Kier alpha value is -2.60. The van der Waals surface area contributed by atoms with Gasteiger partial charge < -0.3 is 14.8 Å². The first-order valence-electron chi connectivity index (χ1n) is 7.83. The van der Waals surface area contributed by atoms with E-state index in [1.54, 1.807) is 13.2 Å². The number of carbonyl (C=O) groups is 2. The standard InChI is InChI=1S/C19H21NO4S/c1-5-15-12(2)25-18(17(15)19(22)24-4)20-16(21)11-8-13-6-9-14(23-3)10-7-13/h6-11H,5H2,1-4H3,(H,20,21). The van der Waals surface area contributed by atoms with E-state index in [1.807, 2.05) is 38.1 Å². The van der Waals surface area contributed by atoms with Gasteiger partial charge in [0.25, 0.3) is 0 Å². The van der Waals surface area contributed by atoms with Gasteiger partial charge in [-0.2, -0.15) is 0 Å². The zero-order valence-corrected chi connectivity index (χ0v) is 15.5. The van der Waals surface area contributed by atoms with E-state index >= 15 is 0 Å². The third-order valence-electron chi connectivity index (χ3n) is 3.73. The number of benzene rings is 1. The zero-order valence-electron chi connectivity index (χ0n) is 14.7. The molecule has 5 nitrogen and oxygen atoms in total. The third kappa shape index (κ3) is 4.48. The number of amides is 1. The van der Waals surface area contributed by atoms with E-state index in [2.05, 4.69) is 5.32 Å². The molecule has 0 aliphatic rings. The third-order valence-corrected chi connectivity index (χ3v) is 4.79. The minimum Gasteiger partial charge on any atom is -0.497 e. The lowest BCUT2D eigenvalue weighted by atomic mass is 10.1. The Morgan fingerprint density at radius 3 is 2.44 bits per heavy atom. The highest BCUT2D eigenvalue weighted by molar-refractivity contribution is 7.16. The summed E-state index contributed by atoms with van der Waals surface area (Å²) in [6.07, 6.45) is 3.83. The van der Waals surface area contributed by atoms with Crippen LogP contribution in [0.5, 0.6) is 5.75 Å². The molecule has 1 amide bonds. The van der Waals surface area contributed by atoms with Crippen molar-refractivity contribution < 1.29 is 19.1 Å². The molecule has 0 radical (unpaired) electrons. The number of aryl methyl sites for hydroxylation is 1. The fourth-order valence-electron chi connectivity index (χ4n) is 2.45. The average molecular weight is 359 g/mol. The molecule has 0 aliphatic heterocycles. The normalized spacial score (nSPS) is 10.7. The van der Waals surface area contributed by atoms with Gasteiger partial charge in [-0.3, -0.25) is 4.79 Å². The molecule has 1 heterocycles. The van der Waals surface area contributed by atoms with E-state index in [9.17, 15) is 9.59 Å². The number of carbonyl (C=O) groups excluding carboxylic acids is 2. The summed E-state index contributed by atoms with van der Waals surface area (Å²) in [6.45, 7) is 3.90. The van der Waals surface area contributed by atoms with Crippen molar-refractivity contribution in [1.29, 1.82) is 0 Å². The average Bonchev–Trinajstić information content (AvgIpc) is 2.94. The van der Waals surface area contributed by atoms with Crippen molar-refractivity contribution in [3.8, 4) is 5.75 Å². The van der Waals surface area contributed by atoms with Crippen molar-refractivity contribution in [2.45, 2.75) is 20.3 Å². The van der Waals surface area contributed by atoms with Crippen LogP contribution in [0.15, 0.2) is 30.3 Å². The van der Waals surface area contributed by atoms with Crippen molar-refractivity contribution in [1.82, 2.24) is 0 Å². The quantitative estimate of drug-likeness (QED) is 0.624. The molecule has 0 atom stereocenters. The Labute approximate surface area is 151 Å². The van der Waals surface area contributed by atoms with E-state index in [1.165, 1.54) is 24.5 Å². The smallest absolute Gasteiger partial charge is 0.341 e. The second-order valence-corrected chi connectivity index (χ2v) is 6.51. The second kappa shape index (κ2) is 8.48. The molecule has 2 rings (SSSR count). The van der Waals surface area contributed by atoms with Crippen molar-refractivity contribution in [3.63, 3.8) is 0 Å². The molecule has 25 heavy (non-hydrogen) atoms. The molecular weight excluding hydrogens is 338 g/mol. The number of hydrogen-bond donors (Lipinski definition) is 1. The van der Waals surface area contributed by atoms with Crippen LogP contribution in [0.3, 0.4) is 0 Å². The highest BCUT2D eigenvalue weighted by Gasteiger charge is 2.22. The largest absolute Gasteiger partial charge is 0.497 e. The van der Waals surface area contributed by atoms with Gasteiger partial charge in [-0.05, 0) is 42.7 Å². The number of thiophene rings is 1. The number of ether oxygens (including phenoxy) is 2. The van der Waals surface area contributed by atoms with Gasteiger partial charge in [0.1, 0.15) is 10.8 Å². The first-order chi connectivity index (χ1) is 12.0. The molecule has 132 valence electrons. The zero-order chi connectivity index (χ0) is 18.4. The minimum absolute atomic E-state index is 0.301. The summed E-state index contributed by atoms with van der Waals surface area (Å²) in [5, 5.41) is 3.30. The summed E-state index contributed by atoms with van der Waals surface area (Å²) >= 11 is 1.38. The fraction of sp³-hybridized carbons (Fsp3) is 0.263. The Bertz CT molecular complexity index is 791. The van der Waals surface area contributed by atoms with Gasteiger partial charge in [-0.15, -0.1) is 11.3 Å². The Kier molecular flexibility index (Phi) is 6.36. The highest BCUT2D eigenvalue weighted by Crippen LogP contribution is 2.34. The van der Waals surface area contributed by atoms with Crippen molar-refractivity contribution in [2.75, 3.05) is 19.5 Å². The van der Waals surface area contributed by atoms with Crippen LogP contribution in [0.1, 0.15) is 33.3 Å². The Balaban J connectivity index is 2.17. The second-order valence-electron chi connectivity index (χ2n) is 5.28. The topological polar surface area (TPSA) is 64.6 Å². The first-order valence-corrected chi connectivity index (χ1v) is 8.65. The van der Waals surface area contributed by atoms with Crippen LogP contribution in [-0.4, -0.2) is 26.1 Å². The molecule has 0 saturated heterocycles. The van der Waals surface area contributed by atoms with E-state index in [0.717, 1.165) is 21.8 Å². The van der Waals surface area contributed by atoms with Gasteiger partial charge in [-0.25, -0.2) is 4.79 Å². The summed E-state index contributed by atoms with van der Waals surface area (Å²) in [6, 6.07) is 7.35. The number of anilines is 1. The van der Waals surface area contributed by atoms with Gasteiger partial charge in [0.2, 0.25) is 5.91 Å². The molecule has 0 unspecified atom stereocenters. The molecule has 1 N–H and O–H groups in total. The molecule has 0 bridgehead atoms. The van der Waals surface area contributed by atoms with Crippen LogP contribution in [0.2, 0.25) is 0 Å². The Morgan fingerprint density at radius 2 is 1.88 bits per heavy atom. The van der Waals surface area contributed by atoms with Gasteiger partial charge >= 0.3 is 5.97 Å². The van der Waals surface area contributed by atoms with E-state index in [4.69, 9.17) is 9.47 Å². The highest BCUT2D eigenvalue weighted by atomic mass is 32.1. The Morgan fingerprint density at radius 1 is 1.20 bits per heavy atom. The van der Waals surface area contributed by atoms with Crippen LogP contribution in [-0.2, 0) is 16.0 Å². The molecule has 2 aromatic rings. The van der Waals surface area contributed by atoms with Crippen LogP contribution in [0, 0.1) is 6.92 Å². The minimum atomic E-state index is -0.435. The fourth-order valence-corrected chi connectivity index (χ4v) is 3.59. The monoisotopic (exact) mass is 359 g/mol. The molecule has 0 aliphatic carbocycles. The molecule has 1 aromatic heterocycles. The summed E-state index contributed by atoms with van der Waals surface area (Å²) in [5.41, 5.74) is 2.23. The SMILES string of the molecule is CCc1c(C)sc(NC(=O)C=Cc2ccc(OC)cc2)c1C(=O)OC. The van der Waals surface area contributed by atoms with Crippen LogP contribution in [0.25, 0.3) is 6.08 Å². The summed E-state index contributed by atoms with van der Waals surface area (Å²) in [5.74, 6) is 0.0194. The summed E-state index contributed by atoms with van der Waals surface area (Å²) < 4.78 is 9.95. The summed E-state index contributed by atoms with van der Waals surface area (Å²) in [7, 11) is 2.94. The summed E-state index contributed by atoms with van der Waals surface area (Å²) in [4.78, 5) is 25.3. The predicted molar refractivity (Wildman–Crippen MR) is 100 cm³/mol. The molecular formula is C19H21NO4S. The lowest BCUT2D eigenvalue weighted by molar-refractivity contribution is -0.111. The predicted octanol–water partition coefficient (Wildman–Crippen LogP) is 4.07. The lowest BCUT2D eigenvalue weighted by Crippen LogP contribution is -2.12. The molecule has 6 heteroatoms. The first kappa shape index (κ1) is 18.7. The number of rotatable bonds is 6.